The molecule has 6 heteroatoms. The first-order valence-corrected chi connectivity index (χ1v) is 7.25. The van der Waals surface area contributed by atoms with Gasteiger partial charge in [-0.3, -0.25) is 9.59 Å². The van der Waals surface area contributed by atoms with Crippen molar-refractivity contribution in [1.82, 2.24) is 10.1 Å². The quantitative estimate of drug-likeness (QED) is 0.943. The molecule has 1 aliphatic heterocycles. The van der Waals surface area contributed by atoms with Crippen LogP contribution >= 0.6 is 0 Å². The second-order valence-corrected chi connectivity index (χ2v) is 5.33. The number of carbonyl (C=O) groups excluding carboxylic acids is 2. The summed E-state index contributed by atoms with van der Waals surface area (Å²) in [5.41, 5.74) is 0.597. The van der Waals surface area contributed by atoms with E-state index in [-0.39, 0.29) is 11.8 Å². The third-order valence-electron chi connectivity index (χ3n) is 3.72. The van der Waals surface area contributed by atoms with Crippen LogP contribution in [0.5, 0.6) is 0 Å². The van der Waals surface area contributed by atoms with Gasteiger partial charge in [0.25, 0.3) is 5.91 Å². The van der Waals surface area contributed by atoms with E-state index in [0.717, 1.165) is 6.42 Å². The first-order valence-electron chi connectivity index (χ1n) is 7.25. The average molecular weight is 299 g/mol. The molecule has 0 aliphatic carbocycles. The summed E-state index contributed by atoms with van der Waals surface area (Å²) in [5, 5.41) is 6.45. The van der Waals surface area contributed by atoms with E-state index in [0.29, 0.717) is 30.1 Å². The highest BCUT2D eigenvalue weighted by Crippen LogP contribution is 2.21. The topological polar surface area (TPSA) is 75.4 Å². The number of carbonyl (C=O) groups is 2. The Hall–Kier alpha value is -2.63. The summed E-state index contributed by atoms with van der Waals surface area (Å²) in [6.45, 7) is 2.34. The van der Waals surface area contributed by atoms with Crippen molar-refractivity contribution < 1.29 is 14.1 Å². The fourth-order valence-electron chi connectivity index (χ4n) is 2.66. The smallest absolute Gasteiger partial charge is 0.254 e. The number of anilines is 1. The van der Waals surface area contributed by atoms with Crippen molar-refractivity contribution in [2.75, 3.05) is 11.9 Å². The Kier molecular flexibility index (Phi) is 3.91. The lowest BCUT2D eigenvalue weighted by molar-refractivity contribution is -0.119. The number of aromatic nitrogens is 1. The van der Waals surface area contributed by atoms with Crippen LogP contribution in [-0.4, -0.2) is 34.5 Å². The number of nitrogens with one attached hydrogen (secondary N) is 1. The molecule has 1 N–H and O–H groups in total. The molecule has 1 atom stereocenters. The lowest BCUT2D eigenvalue weighted by Crippen LogP contribution is -2.43. The summed E-state index contributed by atoms with van der Waals surface area (Å²) in [4.78, 5) is 26.5. The van der Waals surface area contributed by atoms with Crippen molar-refractivity contribution >= 4 is 17.6 Å². The van der Waals surface area contributed by atoms with Crippen molar-refractivity contribution in [2.45, 2.75) is 25.8 Å². The number of hydrogen-bond acceptors (Lipinski definition) is 4. The van der Waals surface area contributed by atoms with Crippen LogP contribution in [0.1, 0.15) is 29.0 Å². The van der Waals surface area contributed by atoms with Gasteiger partial charge in [0.05, 0.1) is 0 Å². The lowest BCUT2D eigenvalue weighted by Gasteiger charge is -2.23. The van der Waals surface area contributed by atoms with Gasteiger partial charge in [0, 0.05) is 18.2 Å². The number of rotatable bonds is 3. The number of likely N-dealkylation sites (tertiary alicyclic amines) is 1. The maximum Gasteiger partial charge on any atom is 0.254 e. The van der Waals surface area contributed by atoms with Gasteiger partial charge in [-0.05, 0) is 31.9 Å². The number of amides is 2. The minimum absolute atomic E-state index is 0.116. The number of hydrogen-bond donors (Lipinski definition) is 1. The predicted molar refractivity (Wildman–Crippen MR) is 80.4 cm³/mol. The van der Waals surface area contributed by atoms with Crippen LogP contribution in [-0.2, 0) is 4.79 Å². The normalized spacial score (nSPS) is 17.5. The van der Waals surface area contributed by atoms with Crippen LogP contribution in [0.2, 0.25) is 0 Å². The summed E-state index contributed by atoms with van der Waals surface area (Å²) in [7, 11) is 0. The second-order valence-electron chi connectivity index (χ2n) is 5.33. The molecule has 1 aromatic heterocycles. The van der Waals surface area contributed by atoms with E-state index in [1.165, 1.54) is 0 Å². The fraction of sp³-hybridized carbons (Fsp3) is 0.312. The highest BCUT2D eigenvalue weighted by Gasteiger charge is 2.34. The summed E-state index contributed by atoms with van der Waals surface area (Å²) < 4.78 is 4.93. The molecule has 1 fully saturated rings. The Bertz CT molecular complexity index is 681. The monoisotopic (exact) mass is 299 g/mol. The zero-order valence-corrected chi connectivity index (χ0v) is 12.3. The molecule has 1 aliphatic rings. The number of aryl methyl sites for hydroxylation is 1. The van der Waals surface area contributed by atoms with E-state index in [9.17, 15) is 9.59 Å². The molecule has 0 radical (unpaired) electrons. The summed E-state index contributed by atoms with van der Waals surface area (Å²) in [5.74, 6) is 0.658. The van der Waals surface area contributed by atoms with Crippen molar-refractivity contribution in [3.8, 4) is 0 Å². The predicted octanol–water partition coefficient (Wildman–Crippen LogP) is 2.23. The molecule has 1 saturated heterocycles. The Morgan fingerprint density at radius 1 is 1.32 bits per heavy atom. The fourth-order valence-corrected chi connectivity index (χ4v) is 2.66. The zero-order valence-electron chi connectivity index (χ0n) is 12.3. The van der Waals surface area contributed by atoms with Crippen LogP contribution in [0.3, 0.4) is 0 Å². The molecule has 1 aromatic carbocycles. The van der Waals surface area contributed by atoms with E-state index < -0.39 is 6.04 Å². The van der Waals surface area contributed by atoms with Crippen molar-refractivity contribution in [1.29, 1.82) is 0 Å². The lowest BCUT2D eigenvalue weighted by atomic mass is 10.1. The minimum Gasteiger partial charge on any atom is -0.360 e. The Labute approximate surface area is 128 Å². The van der Waals surface area contributed by atoms with Crippen molar-refractivity contribution in [3.05, 3.63) is 47.7 Å². The van der Waals surface area contributed by atoms with Gasteiger partial charge in [-0.1, -0.05) is 23.4 Å². The minimum atomic E-state index is -0.468. The van der Waals surface area contributed by atoms with Gasteiger partial charge in [-0.25, -0.2) is 0 Å². The molecule has 114 valence electrons. The van der Waals surface area contributed by atoms with Gasteiger partial charge in [-0.2, -0.15) is 0 Å². The van der Waals surface area contributed by atoms with Crippen molar-refractivity contribution in [3.63, 3.8) is 0 Å². The molecule has 0 spiro atoms. The molecule has 0 saturated carbocycles. The van der Waals surface area contributed by atoms with Crippen LogP contribution in [0.25, 0.3) is 0 Å². The van der Waals surface area contributed by atoms with E-state index in [1.54, 1.807) is 30.0 Å². The van der Waals surface area contributed by atoms with Crippen LogP contribution in [0, 0.1) is 6.92 Å². The van der Waals surface area contributed by atoms with Gasteiger partial charge in [0.1, 0.15) is 11.8 Å². The molecular formula is C16H17N3O3. The van der Waals surface area contributed by atoms with E-state index in [2.05, 4.69) is 10.5 Å². The average Bonchev–Trinajstić information content (AvgIpc) is 3.16. The molecule has 6 nitrogen and oxygen atoms in total. The molecule has 22 heavy (non-hydrogen) atoms. The molecule has 3 rings (SSSR count). The Morgan fingerprint density at radius 2 is 2.09 bits per heavy atom. The van der Waals surface area contributed by atoms with Gasteiger partial charge in [0.2, 0.25) is 5.91 Å². The SMILES string of the molecule is Cc1cc(NC(=O)[C@@H]2CCCN2C(=O)c2ccccc2)no1. The van der Waals surface area contributed by atoms with E-state index in [4.69, 9.17) is 4.52 Å². The summed E-state index contributed by atoms with van der Waals surface area (Å²) in [6.07, 6.45) is 1.47. The molecule has 2 amide bonds. The highest BCUT2D eigenvalue weighted by atomic mass is 16.5. The number of benzene rings is 1. The Morgan fingerprint density at radius 3 is 2.77 bits per heavy atom. The first kappa shape index (κ1) is 14.3. The van der Waals surface area contributed by atoms with Gasteiger partial charge in [0.15, 0.2) is 5.82 Å². The molecule has 2 aromatic rings. The largest absolute Gasteiger partial charge is 0.360 e. The van der Waals surface area contributed by atoms with E-state index >= 15 is 0 Å². The third kappa shape index (κ3) is 2.86. The van der Waals surface area contributed by atoms with Gasteiger partial charge in [-0.15, -0.1) is 0 Å². The number of nitrogens with zero attached hydrogens (tertiary/aromatic N) is 2. The maximum atomic E-state index is 12.5. The summed E-state index contributed by atoms with van der Waals surface area (Å²) in [6, 6.07) is 10.2. The van der Waals surface area contributed by atoms with Crippen LogP contribution in [0.15, 0.2) is 40.9 Å². The zero-order chi connectivity index (χ0) is 15.5. The third-order valence-corrected chi connectivity index (χ3v) is 3.72. The highest BCUT2D eigenvalue weighted by molar-refractivity contribution is 6.01. The molecule has 0 unspecified atom stereocenters. The van der Waals surface area contributed by atoms with Gasteiger partial charge >= 0.3 is 0 Å². The Balaban J connectivity index is 1.72. The van der Waals surface area contributed by atoms with Gasteiger partial charge < -0.3 is 14.7 Å². The van der Waals surface area contributed by atoms with Crippen LogP contribution < -0.4 is 5.32 Å². The standard InChI is InChI=1S/C16H17N3O3/c1-11-10-14(18-22-11)17-15(20)13-8-5-9-19(13)16(21)12-6-3-2-4-7-12/h2-4,6-7,10,13H,5,8-9H2,1H3,(H,17,18,20)/t13-/m0/s1. The van der Waals surface area contributed by atoms with E-state index in [1.807, 2.05) is 18.2 Å². The molecule has 0 bridgehead atoms. The summed E-state index contributed by atoms with van der Waals surface area (Å²) >= 11 is 0. The van der Waals surface area contributed by atoms with Crippen molar-refractivity contribution in [2.24, 2.45) is 0 Å². The van der Waals surface area contributed by atoms with Crippen LogP contribution in [0.4, 0.5) is 5.82 Å². The molecule has 2 heterocycles. The molecular weight excluding hydrogens is 282 g/mol. The maximum absolute atomic E-state index is 12.5. The second kappa shape index (κ2) is 6.01. The first-order chi connectivity index (χ1) is 10.6.